The highest BCUT2D eigenvalue weighted by Gasteiger charge is 2.18. The number of nitrogen functional groups attached to an aromatic ring is 2. The maximum Gasteiger partial charge on any atom is 0.222 e. The zero-order valence-electron chi connectivity index (χ0n) is 12.4. The van der Waals surface area contributed by atoms with Gasteiger partial charge >= 0.3 is 0 Å². The van der Waals surface area contributed by atoms with E-state index in [1.807, 2.05) is 13.0 Å². The van der Waals surface area contributed by atoms with Crippen LogP contribution in [0.25, 0.3) is 11.3 Å². The third kappa shape index (κ3) is 3.45. The highest BCUT2D eigenvalue weighted by molar-refractivity contribution is 5.74. The van der Waals surface area contributed by atoms with Gasteiger partial charge in [-0.3, -0.25) is 0 Å². The standard InChI is InChI=1S/C15H15F2N5O/c1-2-3-4-23-11-6-8(5-10(16)12(11)17)13-9(7-18)14(19)22-15(20)21-13/h5-6H,2-4H2,1H3,(H4,19,20,21,22). The van der Waals surface area contributed by atoms with Gasteiger partial charge in [-0.25, -0.2) is 9.37 Å². The highest BCUT2D eigenvalue weighted by Crippen LogP contribution is 2.31. The highest BCUT2D eigenvalue weighted by atomic mass is 19.2. The Kier molecular flexibility index (Phi) is 4.91. The normalized spacial score (nSPS) is 10.3. The minimum Gasteiger partial charge on any atom is -0.490 e. The predicted molar refractivity (Wildman–Crippen MR) is 81.3 cm³/mol. The molecular formula is C15H15F2N5O. The summed E-state index contributed by atoms with van der Waals surface area (Å²) in [4.78, 5) is 7.58. The number of unbranched alkanes of at least 4 members (excludes halogenated alkanes) is 1. The first kappa shape index (κ1) is 16.4. The molecule has 2 aromatic rings. The Bertz CT molecular complexity index is 773. The van der Waals surface area contributed by atoms with Crippen molar-refractivity contribution < 1.29 is 13.5 Å². The maximum atomic E-state index is 13.8. The molecule has 0 bridgehead atoms. The van der Waals surface area contributed by atoms with Gasteiger partial charge in [-0.1, -0.05) is 13.3 Å². The van der Waals surface area contributed by atoms with E-state index in [-0.39, 0.29) is 40.9 Å². The van der Waals surface area contributed by atoms with Crippen molar-refractivity contribution in [1.82, 2.24) is 9.97 Å². The average Bonchev–Trinajstić information content (AvgIpc) is 2.50. The Hall–Kier alpha value is -2.95. The van der Waals surface area contributed by atoms with Crippen LogP contribution < -0.4 is 16.2 Å². The molecular weight excluding hydrogens is 304 g/mol. The quantitative estimate of drug-likeness (QED) is 0.820. The molecule has 0 unspecified atom stereocenters. The van der Waals surface area contributed by atoms with Gasteiger partial charge in [-0.15, -0.1) is 0 Å². The summed E-state index contributed by atoms with van der Waals surface area (Å²) < 4.78 is 32.9. The SMILES string of the molecule is CCCCOc1cc(-c2nc(N)nc(N)c2C#N)cc(F)c1F. The molecule has 23 heavy (non-hydrogen) atoms. The van der Waals surface area contributed by atoms with Gasteiger partial charge in [0.25, 0.3) is 0 Å². The van der Waals surface area contributed by atoms with Gasteiger partial charge < -0.3 is 16.2 Å². The number of nitrogens with zero attached hydrogens (tertiary/aromatic N) is 3. The van der Waals surface area contributed by atoms with Gasteiger partial charge in [-0.2, -0.15) is 14.6 Å². The van der Waals surface area contributed by atoms with Crippen molar-refractivity contribution in [1.29, 1.82) is 5.26 Å². The molecule has 0 aliphatic rings. The molecule has 0 aliphatic heterocycles. The van der Waals surface area contributed by atoms with Crippen LogP contribution in [0, 0.1) is 23.0 Å². The number of anilines is 2. The molecule has 1 aromatic heterocycles. The van der Waals surface area contributed by atoms with Gasteiger partial charge in [-0.05, 0) is 18.6 Å². The number of hydrogen-bond acceptors (Lipinski definition) is 6. The fraction of sp³-hybridized carbons (Fsp3) is 0.267. The molecule has 4 N–H and O–H groups in total. The summed E-state index contributed by atoms with van der Waals surface area (Å²) in [6, 6.07) is 4.00. The van der Waals surface area contributed by atoms with Crippen molar-refractivity contribution in [2.24, 2.45) is 0 Å². The molecule has 1 aromatic carbocycles. The summed E-state index contributed by atoms with van der Waals surface area (Å²) in [5, 5.41) is 9.17. The predicted octanol–water partition coefficient (Wildman–Crippen LogP) is 2.64. The third-order valence-electron chi connectivity index (χ3n) is 3.09. The van der Waals surface area contributed by atoms with Crippen LogP contribution in [-0.4, -0.2) is 16.6 Å². The van der Waals surface area contributed by atoms with Crippen LogP contribution in [0.2, 0.25) is 0 Å². The first-order valence-corrected chi connectivity index (χ1v) is 6.93. The van der Waals surface area contributed by atoms with Crippen molar-refractivity contribution >= 4 is 11.8 Å². The first-order valence-electron chi connectivity index (χ1n) is 6.93. The molecule has 0 radical (unpaired) electrons. The largest absolute Gasteiger partial charge is 0.490 e. The number of aromatic nitrogens is 2. The van der Waals surface area contributed by atoms with Gasteiger partial charge in [0.15, 0.2) is 11.6 Å². The summed E-state index contributed by atoms with van der Waals surface area (Å²) in [5.41, 5.74) is 11.2. The van der Waals surface area contributed by atoms with Crippen LogP contribution in [0.5, 0.6) is 5.75 Å². The second-order valence-electron chi connectivity index (χ2n) is 4.77. The van der Waals surface area contributed by atoms with Gasteiger partial charge in [0.2, 0.25) is 11.8 Å². The summed E-state index contributed by atoms with van der Waals surface area (Å²) in [6.07, 6.45) is 1.55. The van der Waals surface area contributed by atoms with E-state index in [4.69, 9.17) is 21.5 Å². The van der Waals surface area contributed by atoms with Crippen LogP contribution in [0.1, 0.15) is 25.3 Å². The van der Waals surface area contributed by atoms with Crippen molar-refractivity contribution in [3.63, 3.8) is 0 Å². The fourth-order valence-corrected chi connectivity index (χ4v) is 1.95. The summed E-state index contributed by atoms with van der Waals surface area (Å²) in [5.74, 6) is -2.78. The van der Waals surface area contributed by atoms with E-state index in [1.165, 1.54) is 6.07 Å². The van der Waals surface area contributed by atoms with E-state index in [9.17, 15) is 8.78 Å². The van der Waals surface area contributed by atoms with Gasteiger partial charge in [0, 0.05) is 5.56 Å². The summed E-state index contributed by atoms with van der Waals surface area (Å²) in [6.45, 7) is 2.19. The molecule has 120 valence electrons. The Balaban J connectivity index is 2.55. The molecule has 0 spiro atoms. The van der Waals surface area contributed by atoms with E-state index in [0.717, 1.165) is 12.5 Å². The Morgan fingerprint density at radius 3 is 2.65 bits per heavy atom. The number of ether oxygens (including phenoxy) is 1. The number of hydrogen-bond donors (Lipinski definition) is 2. The minimum absolute atomic E-state index is 0.0248. The van der Waals surface area contributed by atoms with Crippen molar-refractivity contribution in [2.75, 3.05) is 18.1 Å². The van der Waals surface area contributed by atoms with Crippen molar-refractivity contribution in [3.8, 4) is 23.1 Å². The number of benzene rings is 1. The minimum atomic E-state index is -1.12. The fourth-order valence-electron chi connectivity index (χ4n) is 1.95. The lowest BCUT2D eigenvalue weighted by Crippen LogP contribution is -2.06. The van der Waals surface area contributed by atoms with Crippen LogP contribution in [0.3, 0.4) is 0 Å². The number of halogens is 2. The lowest BCUT2D eigenvalue weighted by atomic mass is 10.1. The monoisotopic (exact) mass is 319 g/mol. The Labute approximate surface area is 131 Å². The molecule has 0 atom stereocenters. The molecule has 1 heterocycles. The molecule has 8 heteroatoms. The molecule has 0 fully saturated rings. The van der Waals surface area contributed by atoms with E-state index >= 15 is 0 Å². The van der Waals surface area contributed by atoms with E-state index in [2.05, 4.69) is 9.97 Å². The summed E-state index contributed by atoms with van der Waals surface area (Å²) >= 11 is 0. The van der Waals surface area contributed by atoms with Crippen LogP contribution >= 0.6 is 0 Å². The average molecular weight is 319 g/mol. The lowest BCUT2D eigenvalue weighted by molar-refractivity contribution is 0.289. The molecule has 0 aliphatic carbocycles. The second-order valence-corrected chi connectivity index (χ2v) is 4.77. The Morgan fingerprint density at radius 2 is 2.00 bits per heavy atom. The number of rotatable bonds is 5. The lowest BCUT2D eigenvalue weighted by Gasteiger charge is -2.11. The first-order chi connectivity index (χ1) is 11.0. The van der Waals surface area contributed by atoms with E-state index in [0.29, 0.717) is 6.42 Å². The molecule has 0 amide bonds. The topological polar surface area (TPSA) is 111 Å². The number of nitrogens with two attached hydrogens (primary N) is 2. The molecule has 0 saturated carbocycles. The smallest absolute Gasteiger partial charge is 0.222 e. The van der Waals surface area contributed by atoms with Crippen molar-refractivity contribution in [2.45, 2.75) is 19.8 Å². The maximum absolute atomic E-state index is 13.8. The summed E-state index contributed by atoms with van der Waals surface area (Å²) in [7, 11) is 0. The molecule has 2 rings (SSSR count). The van der Waals surface area contributed by atoms with Crippen LogP contribution in [0.4, 0.5) is 20.5 Å². The van der Waals surface area contributed by atoms with Crippen molar-refractivity contribution in [3.05, 3.63) is 29.3 Å². The molecule has 0 saturated heterocycles. The Morgan fingerprint density at radius 1 is 1.26 bits per heavy atom. The van der Waals surface area contributed by atoms with E-state index in [1.54, 1.807) is 0 Å². The zero-order valence-corrected chi connectivity index (χ0v) is 12.4. The van der Waals surface area contributed by atoms with Gasteiger partial charge in [0.1, 0.15) is 17.5 Å². The number of nitriles is 1. The van der Waals surface area contributed by atoms with Gasteiger partial charge in [0.05, 0.1) is 12.3 Å². The van der Waals surface area contributed by atoms with E-state index < -0.39 is 11.6 Å². The van der Waals surface area contributed by atoms with Crippen LogP contribution in [0.15, 0.2) is 12.1 Å². The third-order valence-corrected chi connectivity index (χ3v) is 3.09. The zero-order chi connectivity index (χ0) is 17.0. The molecule has 6 nitrogen and oxygen atoms in total. The van der Waals surface area contributed by atoms with Crippen LogP contribution in [-0.2, 0) is 0 Å². The second kappa shape index (κ2) is 6.87.